The van der Waals surface area contributed by atoms with Gasteiger partial charge in [0.1, 0.15) is 11.5 Å². The third-order valence-electron chi connectivity index (χ3n) is 3.76. The number of benzene rings is 2. The Balaban J connectivity index is 1.84. The molecule has 0 atom stereocenters. The van der Waals surface area contributed by atoms with Crippen molar-refractivity contribution in [2.45, 2.75) is 19.5 Å². The molecule has 0 heterocycles. The Morgan fingerprint density at radius 1 is 1.15 bits per heavy atom. The van der Waals surface area contributed by atoms with Crippen molar-refractivity contribution >= 4 is 11.9 Å². The van der Waals surface area contributed by atoms with E-state index in [0.717, 1.165) is 5.56 Å². The van der Waals surface area contributed by atoms with Crippen molar-refractivity contribution < 1.29 is 33.0 Å². The first kappa shape index (κ1) is 20.2. The zero-order valence-corrected chi connectivity index (χ0v) is 14.6. The molecule has 6 nitrogen and oxygen atoms in total. The third kappa shape index (κ3) is 6.25. The summed E-state index contributed by atoms with van der Waals surface area (Å²) in [5, 5.41) is 11.7. The van der Waals surface area contributed by atoms with Crippen LogP contribution in [0.25, 0.3) is 0 Å². The number of ether oxygens (including phenoxy) is 2. The van der Waals surface area contributed by atoms with Crippen LogP contribution in [0.5, 0.6) is 11.5 Å². The second-order valence-electron chi connectivity index (χ2n) is 5.63. The minimum atomic E-state index is -2.89. The molecule has 2 aromatic carbocycles. The number of amides is 1. The van der Waals surface area contributed by atoms with Crippen LogP contribution in [0.1, 0.15) is 21.5 Å². The van der Waals surface area contributed by atoms with Gasteiger partial charge in [-0.3, -0.25) is 4.79 Å². The topological polar surface area (TPSA) is 84.9 Å². The molecule has 0 aliphatic heterocycles. The Hall–Kier alpha value is -3.16. The molecule has 0 bridgehead atoms. The lowest BCUT2D eigenvalue weighted by molar-refractivity contribution is -0.120. The van der Waals surface area contributed by atoms with Crippen molar-refractivity contribution in [2.24, 2.45) is 0 Å². The summed E-state index contributed by atoms with van der Waals surface area (Å²) in [4.78, 5) is 23.0. The van der Waals surface area contributed by atoms with Gasteiger partial charge in [0.15, 0.2) is 0 Å². The molecule has 144 valence electrons. The monoisotopic (exact) mass is 379 g/mol. The van der Waals surface area contributed by atoms with Gasteiger partial charge >= 0.3 is 12.6 Å². The van der Waals surface area contributed by atoms with Gasteiger partial charge in [-0.1, -0.05) is 18.2 Å². The molecule has 0 aromatic heterocycles. The molecule has 2 rings (SSSR count). The molecule has 2 N–H and O–H groups in total. The number of hydrogen-bond donors (Lipinski definition) is 2. The van der Waals surface area contributed by atoms with Gasteiger partial charge in [-0.05, 0) is 41.8 Å². The lowest BCUT2D eigenvalue weighted by atomic mass is 10.1. The van der Waals surface area contributed by atoms with Crippen molar-refractivity contribution in [3.05, 3.63) is 59.2 Å². The number of hydrogen-bond acceptors (Lipinski definition) is 4. The van der Waals surface area contributed by atoms with E-state index < -0.39 is 12.6 Å². The van der Waals surface area contributed by atoms with Crippen molar-refractivity contribution in [3.8, 4) is 11.5 Å². The standard InChI is InChI=1S/C19H19F2NO5/c1-26-16-11-14(18(24)25)5-4-13(16)8-9-22-17(23)10-12-2-6-15(7-3-12)27-19(20)21/h2-7,11,19H,8-10H2,1H3,(H,22,23)(H,24,25). The molecular formula is C19H19F2NO5. The van der Waals surface area contributed by atoms with Crippen LogP contribution in [0.3, 0.4) is 0 Å². The number of aromatic carboxylic acids is 1. The fourth-order valence-corrected chi connectivity index (χ4v) is 2.46. The van der Waals surface area contributed by atoms with Crippen molar-refractivity contribution in [1.82, 2.24) is 5.32 Å². The number of halogens is 2. The van der Waals surface area contributed by atoms with Gasteiger partial charge in [-0.2, -0.15) is 8.78 Å². The highest BCUT2D eigenvalue weighted by atomic mass is 19.3. The van der Waals surface area contributed by atoms with Crippen LogP contribution in [-0.4, -0.2) is 37.2 Å². The molecule has 2 aromatic rings. The summed E-state index contributed by atoms with van der Waals surface area (Å²) >= 11 is 0. The maximum absolute atomic E-state index is 12.1. The summed E-state index contributed by atoms with van der Waals surface area (Å²) in [5.41, 5.74) is 1.56. The molecule has 0 saturated carbocycles. The summed E-state index contributed by atoms with van der Waals surface area (Å²) in [5.74, 6) is -0.790. The minimum Gasteiger partial charge on any atom is -0.496 e. The number of methoxy groups -OCH3 is 1. The second-order valence-corrected chi connectivity index (χ2v) is 5.63. The maximum Gasteiger partial charge on any atom is 0.387 e. The van der Waals surface area contributed by atoms with Crippen LogP contribution < -0.4 is 14.8 Å². The van der Waals surface area contributed by atoms with Gasteiger partial charge in [-0.25, -0.2) is 4.79 Å². The van der Waals surface area contributed by atoms with Crippen LogP contribution in [0.2, 0.25) is 0 Å². The number of alkyl halides is 2. The van der Waals surface area contributed by atoms with E-state index >= 15 is 0 Å². The van der Waals surface area contributed by atoms with Gasteiger partial charge in [0, 0.05) is 6.54 Å². The van der Waals surface area contributed by atoms with Crippen molar-refractivity contribution in [2.75, 3.05) is 13.7 Å². The number of carboxylic acid groups (broad SMARTS) is 1. The van der Waals surface area contributed by atoms with Crippen molar-refractivity contribution in [3.63, 3.8) is 0 Å². The number of carboxylic acids is 1. The number of nitrogens with one attached hydrogen (secondary N) is 1. The maximum atomic E-state index is 12.1. The summed E-state index contributed by atoms with van der Waals surface area (Å²) in [6, 6.07) is 10.4. The van der Waals surface area contributed by atoms with Crippen LogP contribution in [0.4, 0.5) is 8.78 Å². The molecule has 0 radical (unpaired) electrons. The predicted molar refractivity (Wildman–Crippen MR) is 93.4 cm³/mol. The van der Waals surface area contributed by atoms with Crippen LogP contribution >= 0.6 is 0 Å². The second kappa shape index (κ2) is 9.51. The van der Waals surface area contributed by atoms with E-state index in [9.17, 15) is 18.4 Å². The van der Waals surface area contributed by atoms with Gasteiger partial charge in [0.2, 0.25) is 5.91 Å². The Bertz CT molecular complexity index is 793. The largest absolute Gasteiger partial charge is 0.496 e. The summed E-state index contributed by atoms with van der Waals surface area (Å²) in [7, 11) is 1.45. The highest BCUT2D eigenvalue weighted by Gasteiger charge is 2.10. The van der Waals surface area contributed by atoms with E-state index in [1.54, 1.807) is 18.2 Å². The Labute approximate surface area is 154 Å². The minimum absolute atomic E-state index is 0.0334. The van der Waals surface area contributed by atoms with Gasteiger partial charge in [0.05, 0.1) is 19.1 Å². The average Bonchev–Trinajstić information content (AvgIpc) is 2.63. The number of rotatable bonds is 9. The fourth-order valence-electron chi connectivity index (χ4n) is 2.46. The van der Waals surface area contributed by atoms with E-state index in [4.69, 9.17) is 9.84 Å². The first-order valence-electron chi connectivity index (χ1n) is 8.09. The van der Waals surface area contributed by atoms with Gasteiger partial charge in [-0.15, -0.1) is 0 Å². The van der Waals surface area contributed by atoms with E-state index in [-0.39, 0.29) is 23.6 Å². The third-order valence-corrected chi connectivity index (χ3v) is 3.76. The van der Waals surface area contributed by atoms with Crippen LogP contribution in [0, 0.1) is 0 Å². The fraction of sp³-hybridized carbons (Fsp3) is 0.263. The molecule has 27 heavy (non-hydrogen) atoms. The SMILES string of the molecule is COc1cc(C(=O)O)ccc1CCNC(=O)Cc1ccc(OC(F)F)cc1. The number of carbonyl (C=O) groups is 2. The zero-order valence-electron chi connectivity index (χ0n) is 14.6. The molecule has 0 fully saturated rings. The van der Waals surface area contributed by atoms with Crippen molar-refractivity contribution in [1.29, 1.82) is 0 Å². The van der Waals surface area contributed by atoms with Crippen LogP contribution in [-0.2, 0) is 17.6 Å². The van der Waals surface area contributed by atoms with Gasteiger partial charge in [0.25, 0.3) is 0 Å². The highest BCUT2D eigenvalue weighted by molar-refractivity contribution is 5.88. The predicted octanol–water partition coefficient (Wildman–Crippen LogP) is 2.90. The summed E-state index contributed by atoms with van der Waals surface area (Å²) in [6.07, 6.45) is 0.569. The molecule has 1 amide bonds. The quantitative estimate of drug-likeness (QED) is 0.700. The van der Waals surface area contributed by atoms with E-state index in [0.29, 0.717) is 24.3 Å². The summed E-state index contributed by atoms with van der Waals surface area (Å²) in [6.45, 7) is -2.55. The first-order valence-corrected chi connectivity index (χ1v) is 8.09. The molecule has 8 heteroatoms. The zero-order chi connectivity index (χ0) is 19.8. The summed E-state index contributed by atoms with van der Waals surface area (Å²) < 4.78 is 33.6. The Morgan fingerprint density at radius 3 is 2.44 bits per heavy atom. The van der Waals surface area contributed by atoms with E-state index in [1.165, 1.54) is 31.4 Å². The molecule has 0 aliphatic carbocycles. The normalized spacial score (nSPS) is 10.5. The molecule has 0 spiro atoms. The number of carbonyl (C=O) groups excluding carboxylic acids is 1. The lowest BCUT2D eigenvalue weighted by Crippen LogP contribution is -2.27. The molecule has 0 saturated heterocycles. The van der Waals surface area contributed by atoms with E-state index in [1.807, 2.05) is 0 Å². The smallest absolute Gasteiger partial charge is 0.387 e. The molecule has 0 unspecified atom stereocenters. The lowest BCUT2D eigenvalue weighted by Gasteiger charge is -2.10. The molecule has 0 aliphatic rings. The van der Waals surface area contributed by atoms with E-state index in [2.05, 4.69) is 10.1 Å². The highest BCUT2D eigenvalue weighted by Crippen LogP contribution is 2.20. The average molecular weight is 379 g/mol. The Kier molecular flexibility index (Phi) is 7.10. The first-order chi connectivity index (χ1) is 12.9. The van der Waals surface area contributed by atoms with Crippen LogP contribution in [0.15, 0.2) is 42.5 Å². The van der Waals surface area contributed by atoms with Gasteiger partial charge < -0.3 is 19.9 Å². The Morgan fingerprint density at radius 2 is 1.85 bits per heavy atom. The molecular weight excluding hydrogens is 360 g/mol.